The summed E-state index contributed by atoms with van der Waals surface area (Å²) in [5.41, 5.74) is 5.64. The van der Waals surface area contributed by atoms with E-state index in [4.69, 9.17) is 9.47 Å². The Balaban J connectivity index is 1.54. The number of carbonyl (C=O) groups excluding carboxylic acids is 1. The molecule has 5 heteroatoms. The highest BCUT2D eigenvalue weighted by Gasteiger charge is 2.34. The van der Waals surface area contributed by atoms with Crippen LogP contribution in [0.25, 0.3) is 11.1 Å². The summed E-state index contributed by atoms with van der Waals surface area (Å²) in [6, 6.07) is 27.6. The number of methoxy groups -OCH3 is 2. The lowest BCUT2D eigenvalue weighted by atomic mass is 9.87. The number of hydrogen-bond acceptors (Lipinski definition) is 3. The van der Waals surface area contributed by atoms with Crippen LogP contribution in [0.15, 0.2) is 91.0 Å². The number of fused-ring (bicyclic) bond motifs is 1. The Hall–Kier alpha value is -4.12. The van der Waals surface area contributed by atoms with E-state index < -0.39 is 0 Å². The Labute approximate surface area is 204 Å². The SMILES string of the molecule is COc1cc2c(cc1OC)[C@@H](c1ccc(F)cc1)N(C(=O)c1ccc(-c3ccccc3)cc1)CC2. The van der Waals surface area contributed by atoms with Gasteiger partial charge in [-0.05, 0) is 70.6 Å². The Morgan fingerprint density at radius 2 is 1.46 bits per heavy atom. The molecule has 0 radical (unpaired) electrons. The van der Waals surface area contributed by atoms with Crippen molar-refractivity contribution < 1.29 is 18.7 Å². The van der Waals surface area contributed by atoms with E-state index in [0.717, 1.165) is 27.8 Å². The van der Waals surface area contributed by atoms with Gasteiger partial charge in [-0.3, -0.25) is 4.79 Å². The molecule has 0 aromatic heterocycles. The number of nitrogens with zero attached hydrogens (tertiary/aromatic N) is 1. The smallest absolute Gasteiger partial charge is 0.254 e. The van der Waals surface area contributed by atoms with Crippen LogP contribution in [0.5, 0.6) is 11.5 Å². The molecule has 0 spiro atoms. The number of halogens is 1. The van der Waals surface area contributed by atoms with Gasteiger partial charge >= 0.3 is 0 Å². The summed E-state index contributed by atoms with van der Waals surface area (Å²) < 4.78 is 24.8. The summed E-state index contributed by atoms with van der Waals surface area (Å²) in [4.78, 5) is 15.6. The fourth-order valence-electron chi connectivity index (χ4n) is 4.77. The summed E-state index contributed by atoms with van der Waals surface area (Å²) in [6.07, 6.45) is 0.682. The predicted molar refractivity (Wildman–Crippen MR) is 134 cm³/mol. The van der Waals surface area contributed by atoms with Crippen LogP contribution in [-0.2, 0) is 6.42 Å². The van der Waals surface area contributed by atoms with E-state index in [-0.39, 0.29) is 17.8 Å². The lowest BCUT2D eigenvalue weighted by Gasteiger charge is -2.38. The molecule has 1 aliphatic rings. The molecule has 0 saturated heterocycles. The van der Waals surface area contributed by atoms with Gasteiger partial charge in [-0.25, -0.2) is 4.39 Å². The second kappa shape index (κ2) is 9.63. The number of carbonyl (C=O) groups is 1. The fourth-order valence-corrected chi connectivity index (χ4v) is 4.77. The van der Waals surface area contributed by atoms with E-state index in [1.165, 1.54) is 12.1 Å². The molecule has 35 heavy (non-hydrogen) atoms. The van der Waals surface area contributed by atoms with Gasteiger partial charge in [0.2, 0.25) is 0 Å². The minimum Gasteiger partial charge on any atom is -0.493 e. The molecule has 1 aliphatic heterocycles. The van der Waals surface area contributed by atoms with Crippen LogP contribution in [0.2, 0.25) is 0 Å². The van der Waals surface area contributed by atoms with Crippen molar-refractivity contribution in [3.8, 4) is 22.6 Å². The predicted octanol–water partition coefficient (Wildman–Crippen LogP) is 6.30. The lowest BCUT2D eigenvalue weighted by molar-refractivity contribution is 0.0694. The molecule has 1 atom stereocenters. The first-order valence-electron chi connectivity index (χ1n) is 11.6. The molecule has 5 rings (SSSR count). The third-order valence-electron chi connectivity index (χ3n) is 6.56. The largest absolute Gasteiger partial charge is 0.493 e. The van der Waals surface area contributed by atoms with Crippen molar-refractivity contribution in [3.05, 3.63) is 119 Å². The molecule has 0 bridgehead atoms. The maximum atomic E-state index is 13.8. The van der Waals surface area contributed by atoms with Crippen molar-refractivity contribution in [1.82, 2.24) is 4.90 Å². The first-order chi connectivity index (χ1) is 17.1. The first kappa shape index (κ1) is 22.7. The van der Waals surface area contributed by atoms with Gasteiger partial charge in [0.15, 0.2) is 11.5 Å². The van der Waals surface area contributed by atoms with Crippen LogP contribution in [-0.4, -0.2) is 31.6 Å². The molecular weight excluding hydrogens is 441 g/mol. The Kier molecular flexibility index (Phi) is 6.23. The number of amides is 1. The third-order valence-corrected chi connectivity index (χ3v) is 6.56. The number of ether oxygens (including phenoxy) is 2. The van der Waals surface area contributed by atoms with Gasteiger partial charge in [0.25, 0.3) is 5.91 Å². The van der Waals surface area contributed by atoms with Crippen LogP contribution >= 0.6 is 0 Å². The molecule has 1 amide bonds. The zero-order chi connectivity index (χ0) is 24.4. The van der Waals surface area contributed by atoms with E-state index in [9.17, 15) is 9.18 Å². The van der Waals surface area contributed by atoms with Crippen LogP contribution in [0.3, 0.4) is 0 Å². The Morgan fingerprint density at radius 1 is 0.829 bits per heavy atom. The minimum absolute atomic E-state index is 0.0700. The van der Waals surface area contributed by atoms with Gasteiger partial charge in [-0.1, -0.05) is 54.6 Å². The van der Waals surface area contributed by atoms with E-state index in [0.29, 0.717) is 30.0 Å². The molecule has 1 heterocycles. The molecule has 4 nitrogen and oxygen atoms in total. The van der Waals surface area contributed by atoms with Crippen molar-refractivity contribution in [3.63, 3.8) is 0 Å². The van der Waals surface area contributed by atoms with Gasteiger partial charge in [-0.2, -0.15) is 0 Å². The molecule has 0 N–H and O–H groups in total. The molecule has 4 aromatic rings. The van der Waals surface area contributed by atoms with E-state index >= 15 is 0 Å². The Bertz CT molecular complexity index is 1330. The van der Waals surface area contributed by atoms with Gasteiger partial charge in [0.05, 0.1) is 20.3 Å². The average molecular weight is 468 g/mol. The molecule has 0 fully saturated rings. The van der Waals surface area contributed by atoms with Crippen molar-refractivity contribution in [1.29, 1.82) is 0 Å². The molecule has 4 aromatic carbocycles. The monoisotopic (exact) mass is 467 g/mol. The zero-order valence-corrected chi connectivity index (χ0v) is 19.7. The summed E-state index contributed by atoms with van der Waals surface area (Å²) >= 11 is 0. The van der Waals surface area contributed by atoms with Crippen molar-refractivity contribution in [2.24, 2.45) is 0 Å². The summed E-state index contributed by atoms with van der Waals surface area (Å²) in [5, 5.41) is 0. The summed E-state index contributed by atoms with van der Waals surface area (Å²) in [6.45, 7) is 0.532. The quantitative estimate of drug-likeness (QED) is 0.346. The van der Waals surface area contributed by atoms with Gasteiger partial charge in [-0.15, -0.1) is 0 Å². The third kappa shape index (κ3) is 4.37. The highest BCUT2D eigenvalue weighted by Crippen LogP contribution is 2.41. The molecular formula is C30H26FNO3. The van der Waals surface area contributed by atoms with Crippen LogP contribution in [0.4, 0.5) is 4.39 Å². The number of rotatable bonds is 5. The van der Waals surface area contributed by atoms with E-state index in [1.54, 1.807) is 26.4 Å². The Morgan fingerprint density at radius 3 is 2.11 bits per heavy atom. The zero-order valence-electron chi connectivity index (χ0n) is 19.7. The summed E-state index contributed by atoms with van der Waals surface area (Å²) in [5.74, 6) is 0.867. The second-order valence-electron chi connectivity index (χ2n) is 8.55. The average Bonchev–Trinajstić information content (AvgIpc) is 2.92. The summed E-state index contributed by atoms with van der Waals surface area (Å²) in [7, 11) is 3.21. The topological polar surface area (TPSA) is 38.8 Å². The van der Waals surface area contributed by atoms with Crippen molar-refractivity contribution in [2.45, 2.75) is 12.5 Å². The highest BCUT2D eigenvalue weighted by atomic mass is 19.1. The molecule has 176 valence electrons. The van der Waals surface area contributed by atoms with Crippen LogP contribution in [0.1, 0.15) is 33.1 Å². The van der Waals surface area contributed by atoms with Crippen molar-refractivity contribution in [2.75, 3.05) is 20.8 Å². The first-order valence-corrected chi connectivity index (χ1v) is 11.6. The van der Waals surface area contributed by atoms with Crippen molar-refractivity contribution >= 4 is 5.91 Å². The lowest BCUT2D eigenvalue weighted by Crippen LogP contribution is -2.40. The van der Waals surface area contributed by atoms with E-state index in [2.05, 4.69) is 0 Å². The fraction of sp³-hybridized carbons (Fsp3) is 0.167. The van der Waals surface area contributed by atoms with Crippen LogP contribution in [0, 0.1) is 5.82 Å². The van der Waals surface area contributed by atoms with E-state index in [1.807, 2.05) is 71.6 Å². The highest BCUT2D eigenvalue weighted by molar-refractivity contribution is 5.95. The standard InChI is InChI=1S/C30H26FNO3/c1-34-27-18-24-16-17-32(29(26(24)19-28(27)35-2)22-12-14-25(31)15-13-22)30(33)23-10-8-21(9-11-23)20-6-4-3-5-7-20/h3-15,18-19,29H,16-17H2,1-2H3/t29-/m1/s1. The van der Waals surface area contributed by atoms with Gasteiger partial charge < -0.3 is 14.4 Å². The minimum atomic E-state index is -0.375. The molecule has 0 saturated carbocycles. The van der Waals surface area contributed by atoms with Crippen LogP contribution < -0.4 is 9.47 Å². The normalized spacial score (nSPS) is 14.8. The maximum Gasteiger partial charge on any atom is 0.254 e. The van der Waals surface area contributed by atoms with Gasteiger partial charge in [0, 0.05) is 12.1 Å². The van der Waals surface area contributed by atoms with Gasteiger partial charge in [0.1, 0.15) is 5.82 Å². The molecule has 0 aliphatic carbocycles. The maximum absolute atomic E-state index is 13.8. The number of benzene rings is 4. The molecule has 0 unspecified atom stereocenters. The second-order valence-corrected chi connectivity index (χ2v) is 8.55. The number of hydrogen-bond donors (Lipinski definition) is 0.